The highest BCUT2D eigenvalue weighted by Gasteiger charge is 2.13. The highest BCUT2D eigenvalue weighted by Crippen LogP contribution is 2.22. The largest absolute Gasteiger partial charge is 0.399 e. The normalized spacial score (nSPS) is 16.2. The lowest BCUT2D eigenvalue weighted by Gasteiger charge is -2.26. The van der Waals surface area contributed by atoms with Crippen molar-refractivity contribution in [1.82, 2.24) is 9.47 Å². The Kier molecular flexibility index (Phi) is 4.38. The van der Waals surface area contributed by atoms with Crippen molar-refractivity contribution in [3.05, 3.63) is 39.3 Å². The van der Waals surface area contributed by atoms with Gasteiger partial charge in [0.2, 0.25) is 0 Å². The first-order chi connectivity index (χ1) is 10.2. The molecule has 0 bridgehead atoms. The Morgan fingerprint density at radius 3 is 2.81 bits per heavy atom. The van der Waals surface area contributed by atoms with Crippen molar-refractivity contribution in [1.29, 1.82) is 0 Å². The Hall–Kier alpha value is -1.63. The van der Waals surface area contributed by atoms with E-state index in [4.69, 9.17) is 10.5 Å². The van der Waals surface area contributed by atoms with Gasteiger partial charge in [0, 0.05) is 42.8 Å². The Morgan fingerprint density at radius 1 is 1.24 bits per heavy atom. The third-order valence-corrected chi connectivity index (χ3v) is 4.47. The molecule has 1 aromatic carbocycles. The summed E-state index contributed by atoms with van der Waals surface area (Å²) >= 11 is 1.24. The third kappa shape index (κ3) is 3.34. The summed E-state index contributed by atoms with van der Waals surface area (Å²) in [7, 11) is 0. The van der Waals surface area contributed by atoms with Crippen molar-refractivity contribution in [3.63, 3.8) is 0 Å². The molecular weight excluding hydrogens is 286 g/mol. The molecule has 1 fully saturated rings. The summed E-state index contributed by atoms with van der Waals surface area (Å²) in [6.45, 7) is 5.00. The predicted molar refractivity (Wildman–Crippen MR) is 85.7 cm³/mol. The number of aromatic nitrogens is 1. The number of benzene rings is 1. The summed E-state index contributed by atoms with van der Waals surface area (Å²) in [4.78, 5) is 14.5. The number of hydrogen-bond donors (Lipinski definition) is 1. The van der Waals surface area contributed by atoms with Crippen LogP contribution in [0.2, 0.25) is 0 Å². The van der Waals surface area contributed by atoms with Gasteiger partial charge in [0.1, 0.15) is 0 Å². The second kappa shape index (κ2) is 6.43. The maximum Gasteiger partial charge on any atom is 0.307 e. The van der Waals surface area contributed by atoms with Crippen LogP contribution in [0.5, 0.6) is 0 Å². The van der Waals surface area contributed by atoms with E-state index in [0.29, 0.717) is 12.2 Å². The number of ether oxygens (including phenoxy) is 1. The van der Waals surface area contributed by atoms with E-state index in [0.717, 1.165) is 44.1 Å². The van der Waals surface area contributed by atoms with Crippen LogP contribution >= 0.6 is 11.3 Å². The number of rotatable bonds is 4. The zero-order valence-corrected chi connectivity index (χ0v) is 12.6. The number of thiazole rings is 1. The van der Waals surface area contributed by atoms with Gasteiger partial charge in [-0.25, -0.2) is 0 Å². The molecule has 112 valence electrons. The van der Waals surface area contributed by atoms with E-state index in [1.807, 2.05) is 34.2 Å². The zero-order chi connectivity index (χ0) is 14.7. The molecule has 0 unspecified atom stereocenters. The van der Waals surface area contributed by atoms with Gasteiger partial charge in [-0.1, -0.05) is 23.5 Å². The molecule has 0 aliphatic carbocycles. The van der Waals surface area contributed by atoms with Crippen LogP contribution in [-0.4, -0.2) is 42.3 Å². The van der Waals surface area contributed by atoms with Gasteiger partial charge in [-0.15, -0.1) is 0 Å². The van der Waals surface area contributed by atoms with Crippen LogP contribution in [0.15, 0.2) is 34.4 Å². The highest BCUT2D eigenvalue weighted by atomic mass is 32.1. The van der Waals surface area contributed by atoms with E-state index < -0.39 is 0 Å². The van der Waals surface area contributed by atoms with E-state index in [9.17, 15) is 4.79 Å². The van der Waals surface area contributed by atoms with E-state index in [-0.39, 0.29) is 4.87 Å². The Balaban J connectivity index is 1.78. The molecule has 2 heterocycles. The zero-order valence-electron chi connectivity index (χ0n) is 11.8. The summed E-state index contributed by atoms with van der Waals surface area (Å²) in [5, 5.41) is 1.91. The van der Waals surface area contributed by atoms with Gasteiger partial charge in [-0.3, -0.25) is 14.3 Å². The van der Waals surface area contributed by atoms with Crippen molar-refractivity contribution in [3.8, 4) is 11.3 Å². The average Bonchev–Trinajstić information content (AvgIpc) is 2.87. The van der Waals surface area contributed by atoms with Crippen molar-refractivity contribution in [2.75, 3.05) is 38.6 Å². The van der Waals surface area contributed by atoms with Crippen LogP contribution in [0, 0.1) is 0 Å². The fourth-order valence-corrected chi connectivity index (χ4v) is 3.32. The first-order valence-corrected chi connectivity index (χ1v) is 7.96. The number of nitrogens with zero attached hydrogens (tertiary/aromatic N) is 2. The molecule has 3 rings (SSSR count). The molecule has 0 radical (unpaired) electrons. The fraction of sp³-hybridized carbons (Fsp3) is 0.400. The lowest BCUT2D eigenvalue weighted by atomic mass is 10.1. The third-order valence-electron chi connectivity index (χ3n) is 3.71. The van der Waals surface area contributed by atoms with Crippen LogP contribution in [0.3, 0.4) is 0 Å². The number of anilines is 1. The molecule has 21 heavy (non-hydrogen) atoms. The minimum Gasteiger partial charge on any atom is -0.399 e. The van der Waals surface area contributed by atoms with Crippen molar-refractivity contribution < 1.29 is 4.74 Å². The monoisotopic (exact) mass is 305 g/mol. The van der Waals surface area contributed by atoms with Crippen molar-refractivity contribution in [2.45, 2.75) is 6.54 Å². The smallest absolute Gasteiger partial charge is 0.307 e. The molecule has 0 amide bonds. The Labute approximate surface area is 127 Å². The van der Waals surface area contributed by atoms with Crippen LogP contribution in [0.25, 0.3) is 11.3 Å². The van der Waals surface area contributed by atoms with Crippen molar-refractivity contribution in [2.24, 2.45) is 0 Å². The quantitative estimate of drug-likeness (QED) is 0.870. The van der Waals surface area contributed by atoms with Crippen LogP contribution in [-0.2, 0) is 11.3 Å². The maximum atomic E-state index is 12.1. The summed E-state index contributed by atoms with van der Waals surface area (Å²) in [5.74, 6) is 0. The molecule has 6 heteroatoms. The second-order valence-corrected chi connectivity index (χ2v) is 5.94. The lowest BCUT2D eigenvalue weighted by molar-refractivity contribution is 0.0364. The average molecular weight is 305 g/mol. The molecule has 1 aliphatic rings. The van der Waals surface area contributed by atoms with Gasteiger partial charge in [0.05, 0.1) is 18.9 Å². The summed E-state index contributed by atoms with van der Waals surface area (Å²) in [6, 6.07) is 7.67. The van der Waals surface area contributed by atoms with Gasteiger partial charge in [-0.05, 0) is 12.1 Å². The number of morpholine rings is 1. The second-order valence-electron chi connectivity index (χ2n) is 5.12. The minimum absolute atomic E-state index is 0.0840. The van der Waals surface area contributed by atoms with E-state index >= 15 is 0 Å². The molecule has 1 aromatic heterocycles. The van der Waals surface area contributed by atoms with Gasteiger partial charge in [0.25, 0.3) is 0 Å². The molecule has 0 atom stereocenters. The number of nitrogen functional groups attached to an aromatic ring is 1. The minimum atomic E-state index is 0.0840. The molecule has 5 nitrogen and oxygen atoms in total. The first-order valence-electron chi connectivity index (χ1n) is 7.08. The SMILES string of the molecule is Nc1cccc(-c2csc(=O)n2CCN2CCOCC2)c1. The molecule has 0 saturated carbocycles. The number of hydrogen-bond acceptors (Lipinski definition) is 5. The van der Waals surface area contributed by atoms with Crippen LogP contribution in [0.1, 0.15) is 0 Å². The fourth-order valence-electron chi connectivity index (χ4n) is 2.53. The van der Waals surface area contributed by atoms with Gasteiger partial charge in [-0.2, -0.15) is 0 Å². The molecule has 0 spiro atoms. The summed E-state index contributed by atoms with van der Waals surface area (Å²) in [6.07, 6.45) is 0. The highest BCUT2D eigenvalue weighted by molar-refractivity contribution is 7.07. The Bertz CT molecular complexity index is 659. The maximum absolute atomic E-state index is 12.1. The molecule has 1 saturated heterocycles. The summed E-state index contributed by atoms with van der Waals surface area (Å²) in [5.41, 5.74) is 8.50. The lowest BCUT2D eigenvalue weighted by Crippen LogP contribution is -2.39. The van der Waals surface area contributed by atoms with Crippen LogP contribution in [0.4, 0.5) is 5.69 Å². The standard InChI is InChI=1S/C15H19N3O2S/c16-13-3-1-2-12(10-13)14-11-21-15(19)18(14)5-4-17-6-8-20-9-7-17/h1-3,10-11H,4-9,16H2. The molecule has 2 aromatic rings. The topological polar surface area (TPSA) is 60.5 Å². The molecule has 2 N–H and O–H groups in total. The van der Waals surface area contributed by atoms with Crippen LogP contribution < -0.4 is 10.6 Å². The summed E-state index contributed by atoms with van der Waals surface area (Å²) < 4.78 is 7.19. The van der Waals surface area contributed by atoms with Crippen molar-refractivity contribution >= 4 is 17.0 Å². The predicted octanol–water partition coefficient (Wildman–Crippen LogP) is 1.49. The van der Waals surface area contributed by atoms with E-state index in [1.165, 1.54) is 11.3 Å². The van der Waals surface area contributed by atoms with Gasteiger partial charge < -0.3 is 10.5 Å². The molecular formula is C15H19N3O2S. The van der Waals surface area contributed by atoms with Gasteiger partial charge >= 0.3 is 4.87 Å². The first kappa shape index (κ1) is 14.3. The molecule has 1 aliphatic heterocycles. The Morgan fingerprint density at radius 2 is 2.05 bits per heavy atom. The van der Waals surface area contributed by atoms with E-state index in [2.05, 4.69) is 4.90 Å². The number of nitrogens with two attached hydrogens (primary N) is 1. The van der Waals surface area contributed by atoms with Gasteiger partial charge in [0.15, 0.2) is 0 Å². The van der Waals surface area contributed by atoms with E-state index in [1.54, 1.807) is 0 Å².